The lowest BCUT2D eigenvalue weighted by atomic mass is 10.3. The van der Waals surface area contributed by atoms with Crippen molar-refractivity contribution < 1.29 is 62.0 Å². The van der Waals surface area contributed by atoms with Crippen LogP contribution in [0.25, 0.3) is 0 Å². The highest BCUT2D eigenvalue weighted by Gasteiger charge is 2.55. The van der Waals surface area contributed by atoms with Gasteiger partial charge in [0.1, 0.15) is 25.4 Å². The number of H-pyrrole nitrogens is 1. The molecule has 18 heteroatoms. The number of carbonyl (C=O) groups excluding carboxylic acids is 1. The fraction of sp³-hybridized carbons (Fsp3) is 0.714. The molecule has 0 spiro atoms. The maximum Gasteiger partial charge on any atom is 0.512 e. The summed E-state index contributed by atoms with van der Waals surface area (Å²) in [6.07, 6.45) is 5.08. The van der Waals surface area contributed by atoms with Crippen molar-refractivity contribution in [3.8, 4) is 0 Å². The van der Waals surface area contributed by atoms with Crippen LogP contribution in [0.5, 0.6) is 0 Å². The molecule has 0 aliphatic carbocycles. The van der Waals surface area contributed by atoms with Crippen molar-refractivity contribution in [2.24, 2.45) is 7.05 Å². The Bertz CT molecular complexity index is 901. The monoisotopic (exact) mass is 522 g/mol. The number of imidazole rings is 1. The van der Waals surface area contributed by atoms with E-state index in [2.05, 4.69) is 11.9 Å². The van der Waals surface area contributed by atoms with E-state index in [9.17, 15) is 48.0 Å². The second kappa shape index (κ2) is 11.8. The molecule has 10 nitrogen and oxygen atoms in total. The molecular formula is C14H22F6N3O7S2+. The molecule has 0 aromatic carbocycles. The second-order valence-corrected chi connectivity index (χ2v) is 9.59. The van der Waals surface area contributed by atoms with Crippen LogP contribution in [0.4, 0.5) is 26.3 Å². The van der Waals surface area contributed by atoms with E-state index in [1.807, 2.05) is 24.7 Å². The third kappa shape index (κ3) is 10.1. The molecule has 0 radical (unpaired) electrons. The number of aromatic nitrogens is 2. The number of sulfonamides is 2. The highest BCUT2D eigenvalue weighted by Crippen LogP contribution is 2.27. The molecule has 0 amide bonds. The van der Waals surface area contributed by atoms with Crippen LogP contribution >= 0.6 is 0 Å². The third-order valence-electron chi connectivity index (χ3n) is 3.44. The predicted molar refractivity (Wildman–Crippen MR) is 95.4 cm³/mol. The molecule has 1 atom stereocenters. The molecule has 1 unspecified atom stereocenters. The predicted octanol–water partition coefficient (Wildman–Crippen LogP) is 1.02. The first-order valence-electron chi connectivity index (χ1n) is 8.54. The highest BCUT2D eigenvalue weighted by atomic mass is 32.3. The number of nitrogens with zero attached hydrogens (tertiary/aromatic N) is 1. The standard InChI is InChI=1S/C12H20N2O3.C2HF6NO4S2/c1-4-10(2)16-7-8-17-12(15)9-11-13-5-6-14(11)3;3-1(4,5)14(10,11)9-15(12,13)2(6,7)8/h5-6,10H,4,7-9H2,1-3H3;9H/p+1. The SMILES string of the molecule is CCC(C)OCCOC(=O)Cc1[nH]cc[n+]1C.O=S(=O)(NS(=O)(=O)C(F)(F)F)C(F)(F)F. The number of ether oxygens (including phenoxy) is 2. The van der Waals surface area contributed by atoms with E-state index in [0.29, 0.717) is 13.2 Å². The van der Waals surface area contributed by atoms with E-state index in [1.54, 1.807) is 6.20 Å². The largest absolute Gasteiger partial charge is 0.512 e. The zero-order chi connectivity index (χ0) is 25.4. The smallest absolute Gasteiger partial charge is 0.463 e. The number of esters is 1. The lowest BCUT2D eigenvalue weighted by Crippen LogP contribution is -2.45. The van der Waals surface area contributed by atoms with Gasteiger partial charge in [0.05, 0.1) is 19.8 Å². The Balaban J connectivity index is 0.000000607. The van der Waals surface area contributed by atoms with Gasteiger partial charge in [-0.1, -0.05) is 11.1 Å². The van der Waals surface area contributed by atoms with Crippen molar-refractivity contribution in [2.75, 3.05) is 13.2 Å². The molecule has 0 aliphatic rings. The van der Waals surface area contributed by atoms with Crippen LogP contribution in [-0.2, 0) is 47.8 Å². The molecule has 0 saturated carbocycles. The maximum atomic E-state index is 11.5. The van der Waals surface area contributed by atoms with Crippen LogP contribution in [0.1, 0.15) is 26.1 Å². The van der Waals surface area contributed by atoms with Gasteiger partial charge in [0.15, 0.2) is 0 Å². The van der Waals surface area contributed by atoms with Gasteiger partial charge in [0, 0.05) is 0 Å². The van der Waals surface area contributed by atoms with Gasteiger partial charge in [0.2, 0.25) is 0 Å². The van der Waals surface area contributed by atoms with Crippen molar-refractivity contribution in [2.45, 2.75) is 43.8 Å². The van der Waals surface area contributed by atoms with Crippen LogP contribution in [-0.4, -0.2) is 58.1 Å². The summed E-state index contributed by atoms with van der Waals surface area (Å²) in [6, 6.07) is 0. The van der Waals surface area contributed by atoms with E-state index in [4.69, 9.17) is 9.47 Å². The van der Waals surface area contributed by atoms with Gasteiger partial charge in [0.25, 0.3) is 5.82 Å². The van der Waals surface area contributed by atoms with Gasteiger partial charge in [-0.2, -0.15) is 26.3 Å². The number of hydrogen-bond donors (Lipinski definition) is 2. The first kappa shape index (κ1) is 30.1. The highest BCUT2D eigenvalue weighted by molar-refractivity contribution is 8.05. The minimum Gasteiger partial charge on any atom is -0.463 e. The molecule has 1 heterocycles. The van der Waals surface area contributed by atoms with Crippen molar-refractivity contribution in [1.29, 1.82) is 0 Å². The normalized spacial score (nSPS) is 13.8. The summed E-state index contributed by atoms with van der Waals surface area (Å²) in [6.45, 7) is 4.83. The Morgan fingerprint density at radius 3 is 1.97 bits per heavy atom. The molecule has 0 saturated heterocycles. The Morgan fingerprint density at radius 2 is 1.59 bits per heavy atom. The minimum atomic E-state index is -6.60. The number of hydrogen-bond acceptors (Lipinski definition) is 7. The van der Waals surface area contributed by atoms with Crippen LogP contribution in [0.3, 0.4) is 0 Å². The Morgan fingerprint density at radius 1 is 1.09 bits per heavy atom. The third-order valence-corrected chi connectivity index (χ3v) is 6.41. The molecule has 1 aromatic heterocycles. The topological polar surface area (TPSA) is 136 Å². The number of aromatic amines is 1. The fourth-order valence-corrected chi connectivity index (χ4v) is 3.47. The van der Waals surface area contributed by atoms with E-state index in [-0.39, 0.29) is 18.5 Å². The van der Waals surface area contributed by atoms with Crippen LogP contribution in [0.15, 0.2) is 12.4 Å². The summed E-state index contributed by atoms with van der Waals surface area (Å²) >= 11 is 0. The molecule has 0 bridgehead atoms. The average molecular weight is 522 g/mol. The molecule has 0 fully saturated rings. The minimum absolute atomic E-state index is 0.218. The summed E-state index contributed by atoms with van der Waals surface area (Å²) in [5.41, 5.74) is -12.3. The number of aryl methyl sites for hydroxylation is 1. The fourth-order valence-electron chi connectivity index (χ4n) is 1.56. The molecule has 188 valence electrons. The van der Waals surface area contributed by atoms with E-state index in [1.165, 1.54) is 0 Å². The van der Waals surface area contributed by atoms with Crippen molar-refractivity contribution in [3.05, 3.63) is 18.2 Å². The van der Waals surface area contributed by atoms with Crippen molar-refractivity contribution >= 4 is 26.0 Å². The first-order valence-corrected chi connectivity index (χ1v) is 11.5. The maximum absolute atomic E-state index is 11.5. The zero-order valence-corrected chi connectivity index (χ0v) is 18.6. The molecular weight excluding hydrogens is 500 g/mol. The van der Waals surface area contributed by atoms with Gasteiger partial charge >= 0.3 is 37.0 Å². The molecule has 1 aromatic rings. The Hall–Kier alpha value is -1.92. The van der Waals surface area contributed by atoms with Crippen LogP contribution in [0, 0.1) is 0 Å². The van der Waals surface area contributed by atoms with Gasteiger partial charge in [-0.25, -0.2) is 26.4 Å². The second-order valence-electron chi connectivity index (χ2n) is 5.99. The van der Waals surface area contributed by atoms with E-state index < -0.39 is 35.2 Å². The average Bonchev–Trinajstić information content (AvgIpc) is 3.01. The zero-order valence-electron chi connectivity index (χ0n) is 16.9. The number of nitrogens with one attached hydrogen (secondary N) is 2. The van der Waals surface area contributed by atoms with Gasteiger partial charge in [-0.15, -0.1) is 0 Å². The quantitative estimate of drug-likeness (QED) is 0.214. The molecule has 1 rings (SSSR count). The summed E-state index contributed by atoms with van der Waals surface area (Å²) in [5.74, 6) is 0.591. The Labute approximate surface area is 180 Å². The molecule has 2 N–H and O–H groups in total. The number of halogens is 6. The summed E-state index contributed by atoms with van der Waals surface area (Å²) < 4.78 is 121. The van der Waals surface area contributed by atoms with E-state index in [0.717, 1.165) is 12.2 Å². The molecule has 32 heavy (non-hydrogen) atoms. The van der Waals surface area contributed by atoms with Gasteiger partial charge < -0.3 is 9.47 Å². The lowest BCUT2D eigenvalue weighted by molar-refractivity contribution is -0.677. The van der Waals surface area contributed by atoms with Crippen LogP contribution in [0.2, 0.25) is 0 Å². The summed E-state index contributed by atoms with van der Waals surface area (Å²) in [4.78, 5) is 14.5. The molecule has 0 aliphatic heterocycles. The summed E-state index contributed by atoms with van der Waals surface area (Å²) in [5, 5.41) is 0. The van der Waals surface area contributed by atoms with Crippen molar-refractivity contribution in [3.63, 3.8) is 0 Å². The van der Waals surface area contributed by atoms with E-state index >= 15 is 0 Å². The van der Waals surface area contributed by atoms with Gasteiger partial charge in [-0.3, -0.25) is 4.79 Å². The lowest BCUT2D eigenvalue weighted by Gasteiger charge is -2.11. The van der Waals surface area contributed by atoms with Crippen molar-refractivity contribution in [1.82, 2.24) is 9.11 Å². The van der Waals surface area contributed by atoms with Crippen LogP contribution < -0.4 is 8.69 Å². The number of alkyl halides is 6. The summed E-state index contributed by atoms with van der Waals surface area (Å²) in [7, 11) is -11.3. The Kier molecular flexibility index (Phi) is 11.1. The van der Waals surface area contributed by atoms with Gasteiger partial charge in [-0.05, 0) is 13.3 Å². The number of carbonyl (C=O) groups is 1. The number of rotatable bonds is 9. The first-order chi connectivity index (χ1) is 14.3.